The summed E-state index contributed by atoms with van der Waals surface area (Å²) in [6.45, 7) is 16.7. The third-order valence-electron chi connectivity index (χ3n) is 7.51. The van der Waals surface area contributed by atoms with E-state index < -0.39 is 0 Å². The van der Waals surface area contributed by atoms with Gasteiger partial charge in [-0.3, -0.25) is 9.59 Å². The Balaban J connectivity index is 1.64. The van der Waals surface area contributed by atoms with Gasteiger partial charge in [0.1, 0.15) is 5.75 Å². The molecule has 2 aromatic carbocycles. The van der Waals surface area contributed by atoms with E-state index >= 15 is 0 Å². The lowest BCUT2D eigenvalue weighted by molar-refractivity contribution is -0.121. The first-order valence-corrected chi connectivity index (χ1v) is 13.4. The van der Waals surface area contributed by atoms with Crippen molar-refractivity contribution in [1.29, 1.82) is 0 Å². The van der Waals surface area contributed by atoms with E-state index in [1.165, 1.54) is 5.56 Å². The lowest BCUT2D eigenvalue weighted by Crippen LogP contribution is -2.38. The van der Waals surface area contributed by atoms with Crippen LogP contribution in [0.3, 0.4) is 0 Å². The van der Waals surface area contributed by atoms with E-state index in [-0.39, 0.29) is 29.9 Å². The first kappa shape index (κ1) is 27.7. The minimum Gasteiger partial charge on any atom is -0.482 e. The van der Waals surface area contributed by atoms with Gasteiger partial charge in [0.05, 0.1) is 12.2 Å². The van der Waals surface area contributed by atoms with Crippen LogP contribution in [0.5, 0.6) is 5.75 Å². The fourth-order valence-corrected chi connectivity index (χ4v) is 4.48. The highest BCUT2D eigenvalue weighted by atomic mass is 16.5. The molecule has 6 heteroatoms. The highest BCUT2D eigenvalue weighted by Crippen LogP contribution is 2.38. The van der Waals surface area contributed by atoms with Crippen LogP contribution >= 0.6 is 0 Å². The van der Waals surface area contributed by atoms with Crippen molar-refractivity contribution in [1.82, 2.24) is 10.2 Å². The molecule has 0 saturated heterocycles. The topological polar surface area (TPSA) is 61.9 Å². The van der Waals surface area contributed by atoms with Crippen LogP contribution < -0.4 is 15.0 Å². The summed E-state index contributed by atoms with van der Waals surface area (Å²) in [5.41, 5.74) is 3.62. The Morgan fingerprint density at radius 3 is 2.44 bits per heavy atom. The second-order valence-corrected chi connectivity index (χ2v) is 10.4. The molecule has 196 valence electrons. The summed E-state index contributed by atoms with van der Waals surface area (Å²) in [5.74, 6) is 0.613. The van der Waals surface area contributed by atoms with Gasteiger partial charge in [-0.2, -0.15) is 0 Å². The molecule has 0 fully saturated rings. The van der Waals surface area contributed by atoms with Crippen molar-refractivity contribution >= 4 is 17.5 Å². The third-order valence-corrected chi connectivity index (χ3v) is 7.51. The number of amides is 2. The number of benzene rings is 2. The number of fused-ring (bicyclic) bond motifs is 1. The third kappa shape index (κ3) is 6.88. The monoisotopic (exact) mass is 493 g/mol. The van der Waals surface area contributed by atoms with Crippen molar-refractivity contribution in [3.63, 3.8) is 0 Å². The van der Waals surface area contributed by atoms with E-state index in [1.54, 1.807) is 4.90 Å². The first-order chi connectivity index (χ1) is 17.2. The molecule has 36 heavy (non-hydrogen) atoms. The lowest BCUT2D eigenvalue weighted by atomic mass is 9.82. The Kier molecular flexibility index (Phi) is 9.55. The van der Waals surface area contributed by atoms with Gasteiger partial charge in [0.25, 0.3) is 11.8 Å². The van der Waals surface area contributed by atoms with Crippen molar-refractivity contribution in [2.75, 3.05) is 31.1 Å². The van der Waals surface area contributed by atoms with Crippen LogP contribution in [0.15, 0.2) is 42.5 Å². The van der Waals surface area contributed by atoms with Gasteiger partial charge in [0.15, 0.2) is 6.61 Å². The molecule has 2 amide bonds. The Morgan fingerprint density at radius 2 is 1.81 bits per heavy atom. The number of carbonyl (C=O) groups excluding carboxylic acids is 2. The van der Waals surface area contributed by atoms with Gasteiger partial charge in [0, 0.05) is 11.6 Å². The maximum absolute atomic E-state index is 12.8. The van der Waals surface area contributed by atoms with Crippen LogP contribution in [-0.2, 0) is 16.8 Å². The van der Waals surface area contributed by atoms with Crippen molar-refractivity contribution in [2.45, 2.75) is 78.8 Å². The van der Waals surface area contributed by atoms with E-state index in [9.17, 15) is 9.59 Å². The molecule has 0 spiro atoms. The molecule has 0 saturated carbocycles. The van der Waals surface area contributed by atoms with Crippen LogP contribution in [0, 0.1) is 0 Å². The summed E-state index contributed by atoms with van der Waals surface area (Å²) >= 11 is 0. The number of carbonyl (C=O) groups is 2. The maximum Gasteiger partial charge on any atom is 0.265 e. The summed E-state index contributed by atoms with van der Waals surface area (Å²) < 4.78 is 5.70. The summed E-state index contributed by atoms with van der Waals surface area (Å²) in [6.07, 6.45) is 3.02. The standard InChI is InChI=1S/C30H43N3O3/c1-7-30(5,6)25-16-17-27-26(19-25)33(28(34)21-36-27)20-23-12-14-24(15-13-23)29(35)31-22(4)11-10-18-32(8-2)9-3/h12-17,19,22H,7-11,18,20-21H2,1-6H3,(H,31,35). The van der Waals surface area contributed by atoms with Gasteiger partial charge in [-0.1, -0.05) is 52.8 Å². The molecule has 0 aromatic heterocycles. The Morgan fingerprint density at radius 1 is 1.11 bits per heavy atom. The molecule has 2 aromatic rings. The van der Waals surface area contributed by atoms with Crippen molar-refractivity contribution in [3.8, 4) is 5.75 Å². The second kappa shape index (κ2) is 12.4. The minimum absolute atomic E-state index is 0.0126. The number of rotatable bonds is 12. The molecular weight excluding hydrogens is 450 g/mol. The largest absolute Gasteiger partial charge is 0.482 e. The number of anilines is 1. The predicted molar refractivity (Wildman–Crippen MR) is 147 cm³/mol. The average molecular weight is 494 g/mol. The zero-order chi connectivity index (χ0) is 26.3. The molecule has 1 atom stereocenters. The molecular formula is C30H43N3O3. The predicted octanol–water partition coefficient (Wildman–Crippen LogP) is 5.54. The van der Waals surface area contributed by atoms with Crippen molar-refractivity contribution in [3.05, 3.63) is 59.2 Å². The molecule has 1 heterocycles. The van der Waals surface area contributed by atoms with Crippen molar-refractivity contribution < 1.29 is 14.3 Å². The van der Waals surface area contributed by atoms with Crippen LogP contribution in [0.2, 0.25) is 0 Å². The average Bonchev–Trinajstić information content (AvgIpc) is 2.88. The van der Waals surface area contributed by atoms with Gasteiger partial charge in [-0.25, -0.2) is 0 Å². The van der Waals surface area contributed by atoms with Crippen LogP contribution in [0.4, 0.5) is 5.69 Å². The molecule has 1 aliphatic rings. The minimum atomic E-state index is -0.0608. The van der Waals surface area contributed by atoms with E-state index in [0.717, 1.165) is 55.9 Å². The molecule has 1 N–H and O–H groups in total. The quantitative estimate of drug-likeness (QED) is 0.422. The maximum atomic E-state index is 12.8. The Labute approximate surface area is 217 Å². The normalized spacial score (nSPS) is 14.4. The van der Waals surface area contributed by atoms with Gasteiger partial charge in [0.2, 0.25) is 0 Å². The fourth-order valence-electron chi connectivity index (χ4n) is 4.48. The lowest BCUT2D eigenvalue weighted by Gasteiger charge is -2.32. The molecule has 6 nitrogen and oxygen atoms in total. The van der Waals surface area contributed by atoms with Crippen molar-refractivity contribution in [2.24, 2.45) is 0 Å². The SMILES string of the molecule is CCN(CC)CCCC(C)NC(=O)c1ccc(CN2C(=O)COc3ccc(C(C)(C)CC)cc32)cc1. The smallest absolute Gasteiger partial charge is 0.265 e. The zero-order valence-corrected chi connectivity index (χ0v) is 22.9. The highest BCUT2D eigenvalue weighted by molar-refractivity contribution is 5.98. The van der Waals surface area contributed by atoms with Crippen LogP contribution in [-0.4, -0.2) is 49.0 Å². The molecule has 1 aliphatic heterocycles. The molecule has 1 unspecified atom stereocenters. The van der Waals surface area contributed by atoms with Gasteiger partial charge in [-0.05, 0) is 86.6 Å². The first-order valence-electron chi connectivity index (χ1n) is 13.4. The van der Waals surface area contributed by atoms with Crippen LogP contribution in [0.25, 0.3) is 0 Å². The van der Waals surface area contributed by atoms with Crippen LogP contribution in [0.1, 0.15) is 82.3 Å². The molecule has 0 radical (unpaired) electrons. The Bertz CT molecular complexity index is 1030. The number of hydrogen-bond donors (Lipinski definition) is 1. The van der Waals surface area contributed by atoms with E-state index in [1.807, 2.05) is 30.3 Å². The summed E-state index contributed by atoms with van der Waals surface area (Å²) in [7, 11) is 0. The number of nitrogens with one attached hydrogen (secondary N) is 1. The highest BCUT2D eigenvalue weighted by Gasteiger charge is 2.28. The summed E-state index contributed by atoms with van der Waals surface area (Å²) in [6, 6.07) is 13.8. The summed E-state index contributed by atoms with van der Waals surface area (Å²) in [5, 5.41) is 3.11. The van der Waals surface area contributed by atoms with E-state index in [4.69, 9.17) is 4.74 Å². The Hall–Kier alpha value is -2.86. The van der Waals surface area contributed by atoms with Gasteiger partial charge in [-0.15, -0.1) is 0 Å². The number of hydrogen-bond acceptors (Lipinski definition) is 4. The summed E-state index contributed by atoms with van der Waals surface area (Å²) in [4.78, 5) is 29.7. The van der Waals surface area contributed by atoms with Gasteiger partial charge >= 0.3 is 0 Å². The van der Waals surface area contributed by atoms with E-state index in [0.29, 0.717) is 12.1 Å². The zero-order valence-electron chi connectivity index (χ0n) is 22.9. The molecule has 3 rings (SSSR count). The molecule has 0 bridgehead atoms. The number of ether oxygens (including phenoxy) is 1. The van der Waals surface area contributed by atoms with Gasteiger partial charge < -0.3 is 19.9 Å². The fraction of sp³-hybridized carbons (Fsp3) is 0.533. The second-order valence-electron chi connectivity index (χ2n) is 10.4. The van der Waals surface area contributed by atoms with E-state index in [2.05, 4.69) is 63.9 Å². The number of nitrogens with zero attached hydrogens (tertiary/aromatic N) is 2. The molecule has 0 aliphatic carbocycles.